The molecule has 7 atom stereocenters. The fourth-order valence-electron chi connectivity index (χ4n) is 6.64. The molecule has 1 saturated carbocycles. The second-order valence-electron chi connectivity index (χ2n) is 11.1. The van der Waals surface area contributed by atoms with Crippen molar-refractivity contribution in [2.45, 2.75) is 43.2 Å². The summed E-state index contributed by atoms with van der Waals surface area (Å²) in [5.74, 6) is 0.402. The first-order valence-corrected chi connectivity index (χ1v) is 13.7. The number of Topliss-reactive ketones (excluding diaryl/α,β-unsaturated/α-hetero) is 2. The van der Waals surface area contributed by atoms with E-state index in [2.05, 4.69) is 27.1 Å². The van der Waals surface area contributed by atoms with E-state index in [0.29, 0.717) is 23.3 Å². The molecule has 4 aliphatic rings. The van der Waals surface area contributed by atoms with Gasteiger partial charge in [-0.05, 0) is 85.3 Å². The number of hydrogen-bond acceptors (Lipinski definition) is 7. The van der Waals surface area contributed by atoms with Crippen LogP contribution in [0.2, 0.25) is 0 Å². The van der Waals surface area contributed by atoms with Gasteiger partial charge < -0.3 is 10.1 Å². The van der Waals surface area contributed by atoms with Crippen molar-refractivity contribution in [1.82, 2.24) is 15.2 Å². The Morgan fingerprint density at radius 3 is 2.51 bits per heavy atom. The summed E-state index contributed by atoms with van der Waals surface area (Å²) in [6, 6.07) is 10.1. The number of fused-ring (bicyclic) bond motifs is 4. The van der Waals surface area contributed by atoms with Crippen LogP contribution in [0, 0.1) is 11.8 Å². The molecule has 7 rings (SSSR count). The quantitative estimate of drug-likeness (QED) is 0.301. The maximum atomic E-state index is 13.0. The Morgan fingerprint density at radius 1 is 1.10 bits per heavy atom. The maximum absolute atomic E-state index is 13.0. The molecule has 10 heteroatoms. The van der Waals surface area contributed by atoms with Crippen molar-refractivity contribution in [2.75, 3.05) is 25.5 Å². The lowest BCUT2D eigenvalue weighted by Crippen LogP contribution is -2.69. The molecule has 4 heterocycles. The highest BCUT2D eigenvalue weighted by atomic mass is 19.4. The fraction of sp³-hybridized carbons (Fsp3) is 0.387. The second-order valence-corrected chi connectivity index (χ2v) is 11.1. The van der Waals surface area contributed by atoms with E-state index in [1.165, 1.54) is 12.1 Å². The monoisotopic (exact) mass is 564 g/mol. The third kappa shape index (κ3) is 4.99. The summed E-state index contributed by atoms with van der Waals surface area (Å²) < 4.78 is 44.6. The van der Waals surface area contributed by atoms with Gasteiger partial charge in [-0.15, -0.1) is 6.58 Å². The average Bonchev–Trinajstić information content (AvgIpc) is 3.00. The van der Waals surface area contributed by atoms with Crippen LogP contribution in [-0.2, 0) is 15.8 Å². The molecule has 41 heavy (non-hydrogen) atoms. The number of anilines is 1. The van der Waals surface area contributed by atoms with Gasteiger partial charge in [0.1, 0.15) is 17.8 Å². The number of carbonyl (C=O) groups is 2. The summed E-state index contributed by atoms with van der Waals surface area (Å²) in [5.41, 5.74) is 1.28. The van der Waals surface area contributed by atoms with Crippen LogP contribution in [0.1, 0.15) is 30.0 Å². The number of ether oxygens (including phenoxy) is 1. The summed E-state index contributed by atoms with van der Waals surface area (Å²) in [7, 11) is 1.60. The topological polar surface area (TPSA) is 83.6 Å². The van der Waals surface area contributed by atoms with Gasteiger partial charge in [0, 0.05) is 35.9 Å². The van der Waals surface area contributed by atoms with Crippen molar-refractivity contribution in [2.24, 2.45) is 11.8 Å². The fourth-order valence-corrected chi connectivity index (χ4v) is 6.64. The minimum absolute atomic E-state index is 0.0528. The molecule has 2 N–H and O–H groups in total. The molecule has 0 amide bonds. The zero-order valence-electron chi connectivity index (χ0n) is 22.5. The van der Waals surface area contributed by atoms with Gasteiger partial charge in [0.25, 0.3) is 0 Å². The minimum atomic E-state index is -4.46. The van der Waals surface area contributed by atoms with E-state index in [9.17, 15) is 22.8 Å². The predicted molar refractivity (Wildman–Crippen MR) is 149 cm³/mol. The molecule has 3 saturated heterocycles. The Balaban J connectivity index is 1.34. The van der Waals surface area contributed by atoms with E-state index in [4.69, 9.17) is 4.74 Å². The molecular weight excluding hydrogens is 533 g/mol. The van der Waals surface area contributed by atoms with Crippen molar-refractivity contribution < 1.29 is 27.5 Å². The number of aromatic nitrogens is 1. The van der Waals surface area contributed by atoms with Gasteiger partial charge in [-0.3, -0.25) is 24.8 Å². The molecule has 0 spiro atoms. The normalized spacial score (nSPS) is 28.3. The van der Waals surface area contributed by atoms with Crippen LogP contribution < -0.4 is 15.4 Å². The first-order chi connectivity index (χ1) is 19.7. The van der Waals surface area contributed by atoms with E-state index in [1.807, 2.05) is 30.3 Å². The van der Waals surface area contributed by atoms with Crippen LogP contribution in [0.3, 0.4) is 0 Å². The number of ketones is 2. The molecule has 2 bridgehead atoms. The van der Waals surface area contributed by atoms with Gasteiger partial charge in [0.2, 0.25) is 11.6 Å². The first-order valence-electron chi connectivity index (χ1n) is 13.7. The summed E-state index contributed by atoms with van der Waals surface area (Å²) in [6.45, 7) is 5.83. The van der Waals surface area contributed by atoms with E-state index < -0.39 is 35.4 Å². The Morgan fingerprint density at radius 2 is 1.85 bits per heavy atom. The van der Waals surface area contributed by atoms with Gasteiger partial charge in [-0.2, -0.15) is 13.2 Å². The lowest BCUT2D eigenvalue weighted by Gasteiger charge is -2.52. The van der Waals surface area contributed by atoms with Crippen LogP contribution in [0.5, 0.6) is 5.75 Å². The largest absolute Gasteiger partial charge is 0.497 e. The van der Waals surface area contributed by atoms with Crippen LogP contribution in [0.25, 0.3) is 10.9 Å². The molecule has 3 unspecified atom stereocenters. The Labute approximate surface area is 235 Å². The zero-order valence-corrected chi connectivity index (χ0v) is 22.5. The Hall–Kier alpha value is -3.76. The van der Waals surface area contributed by atoms with Crippen molar-refractivity contribution in [3.63, 3.8) is 0 Å². The van der Waals surface area contributed by atoms with E-state index in [1.54, 1.807) is 13.3 Å². The zero-order chi connectivity index (χ0) is 28.9. The maximum Gasteiger partial charge on any atom is 0.416 e. The number of nitrogens with zero attached hydrogens (tertiary/aromatic N) is 2. The Kier molecular flexibility index (Phi) is 7.07. The minimum Gasteiger partial charge on any atom is -0.497 e. The van der Waals surface area contributed by atoms with Crippen molar-refractivity contribution in [3.8, 4) is 5.75 Å². The smallest absolute Gasteiger partial charge is 0.416 e. The number of alkyl halides is 3. The highest BCUT2D eigenvalue weighted by Gasteiger charge is 2.52. The number of pyridine rings is 1. The van der Waals surface area contributed by atoms with E-state index >= 15 is 0 Å². The highest BCUT2D eigenvalue weighted by molar-refractivity contribution is 6.49. The van der Waals surface area contributed by atoms with Crippen molar-refractivity contribution in [1.29, 1.82) is 0 Å². The summed E-state index contributed by atoms with van der Waals surface area (Å²) in [4.78, 5) is 32.6. The number of piperidine rings is 3. The number of nitrogens with one attached hydrogen (secondary N) is 2. The van der Waals surface area contributed by atoms with Gasteiger partial charge in [-0.25, -0.2) is 0 Å². The molecule has 4 fully saturated rings. The summed E-state index contributed by atoms with van der Waals surface area (Å²) >= 11 is 0. The number of carbonyl (C=O) groups excluding carboxylic acids is 2. The van der Waals surface area contributed by atoms with Gasteiger partial charge in [0.15, 0.2) is 0 Å². The molecule has 7 nitrogen and oxygen atoms in total. The molecule has 1 aliphatic carbocycles. The molecular formula is C31H31F3N4O3. The number of hydrogen-bond donors (Lipinski definition) is 2. The third-order valence-corrected chi connectivity index (χ3v) is 8.89. The number of halogens is 3. The highest BCUT2D eigenvalue weighted by Crippen LogP contribution is 2.43. The SMILES string of the molecule is C=C[C@H]1CN2CC[C@H]1C[C@H]2[C@@H](NC1C(=O)C(=O)C1Nc1ccc(C(F)(F)F)cc1)c1ccnc2ccc(OC)cc12. The van der Waals surface area contributed by atoms with Crippen LogP contribution in [-0.4, -0.2) is 59.8 Å². The van der Waals surface area contributed by atoms with Crippen molar-refractivity contribution >= 4 is 28.2 Å². The third-order valence-electron chi connectivity index (χ3n) is 8.89. The lowest BCUT2D eigenvalue weighted by atomic mass is 9.72. The number of rotatable bonds is 8. The number of methoxy groups -OCH3 is 1. The van der Waals surface area contributed by atoms with Gasteiger partial charge in [-0.1, -0.05) is 6.08 Å². The number of benzene rings is 2. The molecule has 1 aromatic heterocycles. The van der Waals surface area contributed by atoms with Gasteiger partial charge >= 0.3 is 6.18 Å². The van der Waals surface area contributed by atoms with Crippen LogP contribution in [0.15, 0.2) is 67.4 Å². The molecule has 214 valence electrons. The van der Waals surface area contributed by atoms with E-state index in [0.717, 1.165) is 54.5 Å². The van der Waals surface area contributed by atoms with Crippen LogP contribution in [0.4, 0.5) is 18.9 Å². The molecule has 0 radical (unpaired) electrons. The second kappa shape index (κ2) is 10.6. The van der Waals surface area contributed by atoms with Crippen LogP contribution >= 0.6 is 0 Å². The Bertz CT molecular complexity index is 1490. The van der Waals surface area contributed by atoms with E-state index in [-0.39, 0.29) is 12.1 Å². The molecule has 3 aromatic rings. The molecule has 2 aromatic carbocycles. The summed E-state index contributed by atoms with van der Waals surface area (Å²) in [6.07, 6.45) is 1.28. The van der Waals surface area contributed by atoms with Crippen molar-refractivity contribution in [3.05, 3.63) is 78.5 Å². The predicted octanol–water partition coefficient (Wildman–Crippen LogP) is 4.79. The van der Waals surface area contributed by atoms with Gasteiger partial charge in [0.05, 0.1) is 18.2 Å². The standard InChI is InChI=1S/C31H31F3N4O3/c1-3-17-16-38-13-11-18(17)14-25(38)26(22-10-12-35-24-9-8-21(41-2)15-23(22)24)37-28-27(29(39)30(28)40)36-20-6-4-19(5-7-20)31(32,33)34/h3-10,12,15,17-18,25-28,36-37H,1,11,13-14,16H2,2H3/t17-,18-,25-,26-,27?,28?/m0/s1. The lowest BCUT2D eigenvalue weighted by molar-refractivity contribution is -0.146. The molecule has 3 aliphatic heterocycles. The summed E-state index contributed by atoms with van der Waals surface area (Å²) in [5, 5.41) is 7.40. The first kappa shape index (κ1) is 27.4. The average molecular weight is 565 g/mol.